The maximum atomic E-state index is 13.7. The number of aromatic nitrogens is 3. The number of rotatable bonds is 6. The number of amides is 1. The summed E-state index contributed by atoms with van der Waals surface area (Å²) in [6.45, 7) is 5.72. The molecule has 182 valence electrons. The highest BCUT2D eigenvalue weighted by molar-refractivity contribution is 5.96. The van der Waals surface area contributed by atoms with Crippen molar-refractivity contribution in [2.75, 3.05) is 38.1 Å². The first-order chi connectivity index (χ1) is 17.1. The summed E-state index contributed by atoms with van der Waals surface area (Å²) in [7, 11) is 2.14. The second kappa shape index (κ2) is 10.1. The van der Waals surface area contributed by atoms with Gasteiger partial charge in [-0.15, -0.1) is 0 Å². The van der Waals surface area contributed by atoms with Crippen LogP contribution in [0, 0.1) is 0 Å². The van der Waals surface area contributed by atoms with Crippen molar-refractivity contribution in [1.29, 1.82) is 0 Å². The van der Waals surface area contributed by atoms with Crippen LogP contribution < -0.4 is 10.2 Å². The van der Waals surface area contributed by atoms with Gasteiger partial charge in [-0.25, -0.2) is 9.97 Å². The molecule has 0 radical (unpaired) electrons. The predicted octanol–water partition coefficient (Wildman–Crippen LogP) is 3.97. The highest BCUT2D eigenvalue weighted by Gasteiger charge is 2.42. The first-order valence-electron chi connectivity index (χ1n) is 12.6. The Balaban J connectivity index is 1.55. The largest absolute Gasteiger partial charge is 0.345 e. The van der Waals surface area contributed by atoms with Crippen molar-refractivity contribution in [3.63, 3.8) is 0 Å². The molecule has 35 heavy (non-hydrogen) atoms. The Bertz CT molecular complexity index is 1140. The van der Waals surface area contributed by atoms with Crippen molar-refractivity contribution in [3.8, 4) is 0 Å². The first-order valence-corrected chi connectivity index (χ1v) is 12.6. The number of nitrogens with zero attached hydrogens (tertiary/aromatic N) is 5. The molecule has 1 N–H and O–H groups in total. The predicted molar refractivity (Wildman–Crippen MR) is 138 cm³/mol. The highest BCUT2D eigenvalue weighted by Crippen LogP contribution is 2.47. The van der Waals surface area contributed by atoms with Crippen LogP contribution in [0.4, 0.5) is 5.95 Å². The van der Waals surface area contributed by atoms with Crippen molar-refractivity contribution < 1.29 is 4.79 Å². The highest BCUT2D eigenvalue weighted by atomic mass is 16.1. The molecule has 2 aromatic heterocycles. The Morgan fingerprint density at radius 1 is 1.00 bits per heavy atom. The number of nitrogens with one attached hydrogen (secondary N) is 1. The van der Waals surface area contributed by atoms with Gasteiger partial charge < -0.3 is 15.1 Å². The molecule has 5 rings (SSSR count). The third-order valence-corrected chi connectivity index (χ3v) is 7.58. The van der Waals surface area contributed by atoms with Gasteiger partial charge in [0.25, 0.3) is 5.91 Å². The molecular formula is C28H34N6O. The van der Waals surface area contributed by atoms with E-state index in [1.54, 1.807) is 18.6 Å². The van der Waals surface area contributed by atoms with E-state index in [0.29, 0.717) is 5.56 Å². The van der Waals surface area contributed by atoms with E-state index in [4.69, 9.17) is 9.97 Å². The minimum atomic E-state index is -0.282. The molecule has 1 aromatic carbocycles. The van der Waals surface area contributed by atoms with Crippen molar-refractivity contribution in [3.05, 3.63) is 83.4 Å². The van der Waals surface area contributed by atoms with E-state index in [1.165, 1.54) is 5.56 Å². The first kappa shape index (κ1) is 23.4. The third kappa shape index (κ3) is 4.78. The maximum Gasteiger partial charge on any atom is 0.255 e. The summed E-state index contributed by atoms with van der Waals surface area (Å²) in [5.74, 6) is 0.593. The number of hydrogen-bond donors (Lipinski definition) is 1. The third-order valence-electron chi connectivity index (χ3n) is 7.58. The van der Waals surface area contributed by atoms with Gasteiger partial charge >= 0.3 is 0 Å². The topological polar surface area (TPSA) is 74.2 Å². The molecule has 2 aliphatic rings. The van der Waals surface area contributed by atoms with Crippen molar-refractivity contribution in [2.45, 2.75) is 44.1 Å². The molecule has 1 amide bonds. The molecule has 7 nitrogen and oxygen atoms in total. The van der Waals surface area contributed by atoms with E-state index < -0.39 is 0 Å². The monoisotopic (exact) mass is 470 g/mol. The number of hydrogen-bond acceptors (Lipinski definition) is 6. The van der Waals surface area contributed by atoms with Crippen LogP contribution in [0.1, 0.15) is 65.8 Å². The van der Waals surface area contributed by atoms with Gasteiger partial charge in [0.1, 0.15) is 0 Å². The Morgan fingerprint density at radius 2 is 1.74 bits per heavy atom. The molecule has 0 bridgehead atoms. The number of likely N-dealkylation sites (N-methyl/N-ethyl adjacent to an activating group) is 1. The molecule has 3 heterocycles. The molecule has 1 saturated carbocycles. The van der Waals surface area contributed by atoms with Gasteiger partial charge in [0.2, 0.25) is 5.95 Å². The lowest BCUT2D eigenvalue weighted by molar-refractivity contribution is 0.0936. The Labute approximate surface area is 207 Å². The van der Waals surface area contributed by atoms with Crippen molar-refractivity contribution >= 4 is 11.9 Å². The number of benzene rings is 1. The van der Waals surface area contributed by atoms with Gasteiger partial charge in [-0.2, -0.15) is 0 Å². The molecule has 1 aliphatic carbocycles. The van der Waals surface area contributed by atoms with Crippen LogP contribution in [0.3, 0.4) is 0 Å². The molecule has 1 aliphatic heterocycles. The van der Waals surface area contributed by atoms with Crippen LogP contribution in [0.15, 0.2) is 61.1 Å². The summed E-state index contributed by atoms with van der Waals surface area (Å²) in [5.41, 5.74) is 3.35. The fraction of sp³-hybridized carbons (Fsp3) is 0.429. The van der Waals surface area contributed by atoms with Crippen LogP contribution in [-0.4, -0.2) is 59.0 Å². The minimum absolute atomic E-state index is 0.136. The number of carbonyl (C=O) groups is 1. The number of carbonyl (C=O) groups excluding carboxylic acids is 1. The van der Waals surface area contributed by atoms with Crippen LogP contribution in [0.5, 0.6) is 0 Å². The lowest BCUT2D eigenvalue weighted by atomic mass is 9.74. The molecular weight excluding hydrogens is 436 g/mol. The summed E-state index contributed by atoms with van der Waals surface area (Å²) >= 11 is 0. The maximum absolute atomic E-state index is 13.7. The lowest BCUT2D eigenvalue weighted by Crippen LogP contribution is -2.45. The summed E-state index contributed by atoms with van der Waals surface area (Å²) in [6.07, 6.45) is 9.49. The second-order valence-electron chi connectivity index (χ2n) is 9.86. The summed E-state index contributed by atoms with van der Waals surface area (Å²) in [6, 6.07) is 14.3. The Kier molecular flexibility index (Phi) is 6.77. The molecule has 7 heteroatoms. The van der Waals surface area contributed by atoms with E-state index >= 15 is 0 Å². The quantitative estimate of drug-likeness (QED) is 0.588. The lowest BCUT2D eigenvalue weighted by Gasteiger charge is -2.35. The standard InChI is InChI=1S/C28H34N6O/c1-21(22-9-8-14-29-19-22)31-26(35)24-20-30-27(34-17-15-33(2)16-18-34)32-25(24)28(12-6-7-13-28)23-10-4-3-5-11-23/h3-5,8-11,14,19-21H,6-7,12-13,15-18H2,1-2H3,(H,31,35). The average Bonchev–Trinajstić information content (AvgIpc) is 3.41. The summed E-state index contributed by atoms with van der Waals surface area (Å²) < 4.78 is 0. The van der Waals surface area contributed by atoms with E-state index in [2.05, 4.69) is 51.4 Å². The average molecular weight is 471 g/mol. The number of anilines is 1. The van der Waals surface area contributed by atoms with Crippen LogP contribution in [-0.2, 0) is 5.41 Å². The van der Waals surface area contributed by atoms with E-state index in [9.17, 15) is 4.79 Å². The van der Waals surface area contributed by atoms with Crippen LogP contribution >= 0.6 is 0 Å². The van der Waals surface area contributed by atoms with E-state index in [0.717, 1.165) is 69.1 Å². The van der Waals surface area contributed by atoms with E-state index in [1.807, 2.05) is 25.1 Å². The van der Waals surface area contributed by atoms with Crippen molar-refractivity contribution in [2.24, 2.45) is 0 Å². The molecule has 1 unspecified atom stereocenters. The van der Waals surface area contributed by atoms with Crippen LogP contribution in [0.25, 0.3) is 0 Å². The van der Waals surface area contributed by atoms with Gasteiger partial charge in [0.05, 0.1) is 17.3 Å². The van der Waals surface area contributed by atoms with Gasteiger partial charge in [-0.1, -0.05) is 49.2 Å². The summed E-state index contributed by atoms with van der Waals surface area (Å²) in [4.78, 5) is 32.3. The normalized spacial score (nSPS) is 18.9. The minimum Gasteiger partial charge on any atom is -0.345 e. The zero-order valence-corrected chi connectivity index (χ0v) is 20.7. The van der Waals surface area contributed by atoms with Gasteiger partial charge in [0, 0.05) is 50.2 Å². The second-order valence-corrected chi connectivity index (χ2v) is 9.86. The Morgan fingerprint density at radius 3 is 2.43 bits per heavy atom. The zero-order valence-electron chi connectivity index (χ0n) is 20.7. The fourth-order valence-electron chi connectivity index (χ4n) is 5.45. The molecule has 3 aromatic rings. The van der Waals surface area contributed by atoms with Crippen LogP contribution in [0.2, 0.25) is 0 Å². The zero-order chi connectivity index (χ0) is 24.3. The van der Waals surface area contributed by atoms with Crippen molar-refractivity contribution in [1.82, 2.24) is 25.2 Å². The molecule has 0 spiro atoms. The molecule has 1 saturated heterocycles. The van der Waals surface area contributed by atoms with Gasteiger partial charge in [-0.05, 0) is 44.0 Å². The van der Waals surface area contributed by atoms with E-state index in [-0.39, 0.29) is 17.4 Å². The van der Waals surface area contributed by atoms with Gasteiger partial charge in [-0.3, -0.25) is 9.78 Å². The number of piperazine rings is 1. The molecule has 1 atom stereocenters. The Hall–Kier alpha value is -3.32. The fourth-order valence-corrected chi connectivity index (χ4v) is 5.45. The SMILES string of the molecule is CC(NC(=O)c1cnc(N2CCN(C)CC2)nc1C1(c2ccccc2)CCCC1)c1cccnc1. The smallest absolute Gasteiger partial charge is 0.255 e. The summed E-state index contributed by atoms with van der Waals surface area (Å²) in [5, 5.41) is 3.17. The van der Waals surface area contributed by atoms with Gasteiger partial charge in [0.15, 0.2) is 0 Å². The number of pyridine rings is 1. The molecule has 2 fully saturated rings.